The van der Waals surface area contributed by atoms with Crippen molar-refractivity contribution in [3.8, 4) is 0 Å². The van der Waals surface area contributed by atoms with E-state index in [2.05, 4.69) is 25.7 Å². The largest absolute Gasteiger partial charge is 0.368 e. The number of unbranched alkanes of at least 4 members (excludes halogenated alkanes) is 1. The van der Waals surface area contributed by atoms with Gasteiger partial charge in [0.25, 0.3) is 0 Å². The summed E-state index contributed by atoms with van der Waals surface area (Å²) in [6.45, 7) is 10.4. The van der Waals surface area contributed by atoms with Gasteiger partial charge in [-0.1, -0.05) is 13.3 Å². The van der Waals surface area contributed by atoms with Crippen LogP contribution in [0, 0.1) is 0 Å². The molecule has 1 rings (SSSR count). The number of hydrogen-bond acceptors (Lipinski definition) is 3. The minimum absolute atomic E-state index is 0.0317. The van der Waals surface area contributed by atoms with Crippen LogP contribution in [0.2, 0.25) is 0 Å². The molecule has 14 heavy (non-hydrogen) atoms. The van der Waals surface area contributed by atoms with Gasteiger partial charge in [0.15, 0.2) is 0 Å². The van der Waals surface area contributed by atoms with E-state index in [0.717, 1.165) is 13.1 Å². The number of nitrogens with two attached hydrogens (primary N) is 1. The van der Waals surface area contributed by atoms with E-state index < -0.39 is 0 Å². The molecule has 84 valence electrons. The Morgan fingerprint density at radius 1 is 1.50 bits per heavy atom. The van der Waals surface area contributed by atoms with Crippen LogP contribution >= 0.6 is 0 Å². The minimum atomic E-state index is -0.0317. The first-order valence-electron chi connectivity index (χ1n) is 5.67. The lowest BCUT2D eigenvalue weighted by atomic mass is 10.0. The van der Waals surface area contributed by atoms with Crippen molar-refractivity contribution in [2.45, 2.75) is 45.3 Å². The van der Waals surface area contributed by atoms with Gasteiger partial charge >= 0.3 is 0 Å². The lowest BCUT2D eigenvalue weighted by Gasteiger charge is -2.42. The number of rotatable bonds is 4. The van der Waals surface area contributed by atoms with Crippen molar-refractivity contribution in [2.75, 3.05) is 26.2 Å². The number of nitrogens with zero attached hydrogens (tertiary/aromatic N) is 1. The maximum Gasteiger partial charge on any atom is 0.0831 e. The summed E-state index contributed by atoms with van der Waals surface area (Å²) in [5, 5.41) is 0. The molecular weight excluding hydrogens is 176 g/mol. The quantitative estimate of drug-likeness (QED) is 0.741. The Morgan fingerprint density at radius 3 is 2.79 bits per heavy atom. The van der Waals surface area contributed by atoms with Gasteiger partial charge in [-0.2, -0.15) is 0 Å². The average Bonchev–Trinajstić information content (AvgIpc) is 2.12. The first-order chi connectivity index (χ1) is 6.57. The van der Waals surface area contributed by atoms with E-state index in [-0.39, 0.29) is 11.7 Å². The van der Waals surface area contributed by atoms with Gasteiger partial charge in [-0.05, 0) is 26.8 Å². The molecule has 0 aromatic carbocycles. The van der Waals surface area contributed by atoms with E-state index in [9.17, 15) is 0 Å². The summed E-state index contributed by atoms with van der Waals surface area (Å²) < 4.78 is 5.87. The second-order valence-electron chi connectivity index (χ2n) is 4.82. The average molecular weight is 200 g/mol. The Bertz CT molecular complexity index is 171. The van der Waals surface area contributed by atoms with Crippen LogP contribution in [-0.4, -0.2) is 42.8 Å². The van der Waals surface area contributed by atoms with Crippen LogP contribution in [0.4, 0.5) is 0 Å². The van der Waals surface area contributed by atoms with Crippen molar-refractivity contribution in [1.29, 1.82) is 0 Å². The topological polar surface area (TPSA) is 38.5 Å². The van der Waals surface area contributed by atoms with E-state index in [1.807, 2.05) is 0 Å². The molecule has 1 atom stereocenters. The standard InChI is InChI=1S/C11H24N2O/c1-4-5-6-13-8-10(7-12)14-11(2,3)9-13/h10H,4-9,12H2,1-3H3. The molecule has 2 N–H and O–H groups in total. The van der Waals surface area contributed by atoms with Gasteiger partial charge in [-0.15, -0.1) is 0 Å². The van der Waals surface area contributed by atoms with Crippen LogP contribution in [0.15, 0.2) is 0 Å². The van der Waals surface area contributed by atoms with Crippen LogP contribution in [0.3, 0.4) is 0 Å². The highest BCUT2D eigenvalue weighted by Gasteiger charge is 2.32. The molecule has 0 aromatic heterocycles. The third kappa shape index (κ3) is 3.56. The van der Waals surface area contributed by atoms with E-state index in [1.54, 1.807) is 0 Å². The molecule has 0 aliphatic carbocycles. The zero-order valence-corrected chi connectivity index (χ0v) is 9.75. The van der Waals surface area contributed by atoms with Crippen LogP contribution in [0.25, 0.3) is 0 Å². The second kappa shape index (κ2) is 5.10. The van der Waals surface area contributed by atoms with E-state index in [1.165, 1.54) is 19.4 Å². The Balaban J connectivity index is 2.43. The lowest BCUT2D eigenvalue weighted by molar-refractivity contribution is -0.131. The molecular formula is C11H24N2O. The van der Waals surface area contributed by atoms with E-state index in [0.29, 0.717) is 6.54 Å². The molecule has 0 spiro atoms. The summed E-state index contributed by atoms with van der Waals surface area (Å²) in [7, 11) is 0. The number of hydrogen-bond donors (Lipinski definition) is 1. The van der Waals surface area contributed by atoms with E-state index in [4.69, 9.17) is 10.5 Å². The molecule has 0 radical (unpaired) electrons. The fourth-order valence-corrected chi connectivity index (χ4v) is 2.09. The summed E-state index contributed by atoms with van der Waals surface area (Å²) in [4.78, 5) is 2.48. The zero-order valence-electron chi connectivity index (χ0n) is 9.75. The highest BCUT2D eigenvalue weighted by atomic mass is 16.5. The molecule has 0 saturated carbocycles. The third-order valence-corrected chi connectivity index (χ3v) is 2.64. The van der Waals surface area contributed by atoms with Crippen molar-refractivity contribution in [2.24, 2.45) is 5.73 Å². The van der Waals surface area contributed by atoms with Gasteiger partial charge < -0.3 is 10.5 Å². The number of morpholine rings is 1. The molecule has 3 nitrogen and oxygen atoms in total. The van der Waals surface area contributed by atoms with E-state index >= 15 is 0 Å². The Labute approximate surface area is 87.6 Å². The molecule has 1 fully saturated rings. The van der Waals surface area contributed by atoms with Gasteiger partial charge in [0.2, 0.25) is 0 Å². The van der Waals surface area contributed by atoms with Crippen LogP contribution in [-0.2, 0) is 4.74 Å². The summed E-state index contributed by atoms with van der Waals surface area (Å²) in [5.74, 6) is 0. The minimum Gasteiger partial charge on any atom is -0.368 e. The van der Waals surface area contributed by atoms with Gasteiger partial charge in [0.1, 0.15) is 0 Å². The summed E-state index contributed by atoms with van der Waals surface area (Å²) in [5.41, 5.74) is 5.63. The molecule has 3 heteroatoms. The van der Waals surface area contributed by atoms with Crippen molar-refractivity contribution < 1.29 is 4.74 Å². The van der Waals surface area contributed by atoms with Crippen LogP contribution in [0.5, 0.6) is 0 Å². The van der Waals surface area contributed by atoms with Crippen molar-refractivity contribution in [3.63, 3.8) is 0 Å². The highest BCUT2D eigenvalue weighted by Crippen LogP contribution is 2.20. The SMILES string of the molecule is CCCCN1CC(CN)OC(C)(C)C1. The summed E-state index contributed by atoms with van der Waals surface area (Å²) in [6.07, 6.45) is 2.74. The molecule has 0 bridgehead atoms. The lowest BCUT2D eigenvalue weighted by Crippen LogP contribution is -2.54. The summed E-state index contributed by atoms with van der Waals surface area (Å²) in [6, 6.07) is 0. The number of ether oxygens (including phenoxy) is 1. The zero-order chi connectivity index (χ0) is 10.6. The molecule has 1 aliphatic heterocycles. The van der Waals surface area contributed by atoms with Gasteiger partial charge in [0, 0.05) is 19.6 Å². The summed E-state index contributed by atoms with van der Waals surface area (Å²) >= 11 is 0. The monoisotopic (exact) mass is 200 g/mol. The molecule has 1 unspecified atom stereocenters. The molecule has 0 aromatic rings. The van der Waals surface area contributed by atoms with Crippen molar-refractivity contribution in [3.05, 3.63) is 0 Å². The van der Waals surface area contributed by atoms with Gasteiger partial charge in [0.05, 0.1) is 11.7 Å². The maximum absolute atomic E-state index is 5.87. The predicted molar refractivity (Wildman–Crippen MR) is 59.4 cm³/mol. The highest BCUT2D eigenvalue weighted by molar-refractivity contribution is 4.84. The van der Waals surface area contributed by atoms with Crippen LogP contribution < -0.4 is 5.73 Å². The predicted octanol–water partition coefficient (Wildman–Crippen LogP) is 1.22. The fraction of sp³-hybridized carbons (Fsp3) is 1.00. The first-order valence-corrected chi connectivity index (χ1v) is 5.67. The maximum atomic E-state index is 5.87. The smallest absolute Gasteiger partial charge is 0.0831 e. The third-order valence-electron chi connectivity index (χ3n) is 2.64. The Kier molecular flexibility index (Phi) is 4.35. The van der Waals surface area contributed by atoms with Crippen molar-refractivity contribution in [1.82, 2.24) is 4.90 Å². The Morgan fingerprint density at radius 2 is 2.21 bits per heavy atom. The first kappa shape index (κ1) is 12.0. The van der Waals surface area contributed by atoms with Gasteiger partial charge in [-0.3, -0.25) is 4.90 Å². The molecule has 1 aliphatic rings. The Hall–Kier alpha value is -0.120. The van der Waals surface area contributed by atoms with Crippen molar-refractivity contribution >= 4 is 0 Å². The fourth-order valence-electron chi connectivity index (χ4n) is 2.09. The molecule has 1 heterocycles. The molecule has 1 saturated heterocycles. The van der Waals surface area contributed by atoms with Crippen LogP contribution in [0.1, 0.15) is 33.6 Å². The second-order valence-corrected chi connectivity index (χ2v) is 4.82. The van der Waals surface area contributed by atoms with Gasteiger partial charge in [-0.25, -0.2) is 0 Å². The molecule has 0 amide bonds. The normalized spacial score (nSPS) is 27.9.